The number of carbonyl (C=O) groups excluding carboxylic acids is 1. The number of fused-ring (bicyclic) bond motifs is 1. The van der Waals surface area contributed by atoms with Gasteiger partial charge >= 0.3 is 6.09 Å². The summed E-state index contributed by atoms with van der Waals surface area (Å²) in [6.07, 6.45) is 9.71. The second-order valence-corrected chi connectivity index (χ2v) is 8.05. The third kappa shape index (κ3) is 3.41. The van der Waals surface area contributed by atoms with Crippen LogP contribution < -0.4 is 5.32 Å². The van der Waals surface area contributed by atoms with E-state index in [9.17, 15) is 4.79 Å². The van der Waals surface area contributed by atoms with Crippen molar-refractivity contribution in [2.45, 2.75) is 70.9 Å². The van der Waals surface area contributed by atoms with E-state index in [0.717, 1.165) is 31.8 Å². The lowest BCUT2D eigenvalue weighted by atomic mass is 9.75. The number of carbonyl (C=O) groups is 1. The van der Waals surface area contributed by atoms with Gasteiger partial charge in [0.1, 0.15) is 5.60 Å². The Balaban J connectivity index is 1.53. The van der Waals surface area contributed by atoms with Gasteiger partial charge in [-0.05, 0) is 64.1 Å². The number of nitrogens with zero attached hydrogens (tertiary/aromatic N) is 1. The summed E-state index contributed by atoms with van der Waals surface area (Å²) in [5, 5.41) is 3.60. The lowest BCUT2D eigenvalue weighted by Gasteiger charge is -2.36. The van der Waals surface area contributed by atoms with Gasteiger partial charge in [-0.15, -0.1) is 0 Å². The van der Waals surface area contributed by atoms with Gasteiger partial charge in [0.05, 0.1) is 0 Å². The molecule has 0 aromatic heterocycles. The van der Waals surface area contributed by atoms with Crippen LogP contribution in [0.3, 0.4) is 0 Å². The number of rotatable bonds is 1. The Morgan fingerprint density at radius 1 is 1.18 bits per heavy atom. The smallest absolute Gasteiger partial charge is 0.410 e. The first-order valence-corrected chi connectivity index (χ1v) is 8.88. The minimum Gasteiger partial charge on any atom is -0.444 e. The van der Waals surface area contributed by atoms with E-state index >= 15 is 0 Å². The molecule has 4 heteroatoms. The third-order valence-electron chi connectivity index (χ3n) is 5.28. The van der Waals surface area contributed by atoms with Gasteiger partial charge in [0.15, 0.2) is 0 Å². The van der Waals surface area contributed by atoms with Crippen LogP contribution in [-0.2, 0) is 4.74 Å². The first-order valence-electron chi connectivity index (χ1n) is 8.88. The van der Waals surface area contributed by atoms with E-state index in [2.05, 4.69) is 11.5 Å². The first-order chi connectivity index (χ1) is 10.4. The Hall–Kier alpha value is -1.19. The van der Waals surface area contributed by atoms with Crippen molar-refractivity contribution in [3.8, 4) is 0 Å². The summed E-state index contributed by atoms with van der Waals surface area (Å²) in [7, 11) is 0. The molecular formula is C18H30N2O2. The molecule has 124 valence electrons. The Labute approximate surface area is 134 Å². The minimum absolute atomic E-state index is 0.153. The molecule has 1 saturated carbocycles. The molecule has 22 heavy (non-hydrogen) atoms. The SMILES string of the molecule is CC(C)(C)OC(=O)N1CCC(C2=CNC3CCCCC23)CC1. The minimum atomic E-state index is -0.402. The van der Waals surface area contributed by atoms with Crippen LogP contribution in [0.25, 0.3) is 0 Å². The topological polar surface area (TPSA) is 41.6 Å². The van der Waals surface area contributed by atoms with E-state index in [0.29, 0.717) is 12.0 Å². The second kappa shape index (κ2) is 6.13. The van der Waals surface area contributed by atoms with Crippen molar-refractivity contribution in [2.75, 3.05) is 13.1 Å². The fraction of sp³-hybridized carbons (Fsp3) is 0.833. The van der Waals surface area contributed by atoms with E-state index in [4.69, 9.17) is 4.74 Å². The van der Waals surface area contributed by atoms with Crippen LogP contribution in [0.15, 0.2) is 11.8 Å². The van der Waals surface area contributed by atoms with Crippen molar-refractivity contribution in [2.24, 2.45) is 11.8 Å². The molecule has 2 heterocycles. The number of ether oxygens (including phenoxy) is 1. The standard InChI is InChI=1S/C18H30N2O2/c1-18(2,3)22-17(21)20-10-8-13(9-11-20)15-12-19-16-7-5-4-6-14(15)16/h12-14,16,19H,4-11H2,1-3H3. The second-order valence-electron chi connectivity index (χ2n) is 8.05. The van der Waals surface area contributed by atoms with E-state index in [1.54, 1.807) is 5.57 Å². The lowest BCUT2D eigenvalue weighted by molar-refractivity contribution is 0.0191. The van der Waals surface area contributed by atoms with E-state index < -0.39 is 5.60 Å². The number of hydrogen-bond donors (Lipinski definition) is 1. The fourth-order valence-electron chi connectivity index (χ4n) is 4.18. The number of hydrogen-bond acceptors (Lipinski definition) is 3. The normalized spacial score (nSPS) is 29.6. The van der Waals surface area contributed by atoms with Crippen LogP contribution >= 0.6 is 0 Å². The van der Waals surface area contributed by atoms with Gasteiger partial charge in [-0.25, -0.2) is 4.79 Å². The predicted octanol–water partition coefficient (Wildman–Crippen LogP) is 3.68. The van der Waals surface area contributed by atoms with E-state index in [1.807, 2.05) is 25.7 Å². The summed E-state index contributed by atoms with van der Waals surface area (Å²) in [5.74, 6) is 1.41. The summed E-state index contributed by atoms with van der Waals surface area (Å²) in [6.45, 7) is 7.43. The largest absolute Gasteiger partial charge is 0.444 e. The van der Waals surface area contributed by atoms with Crippen molar-refractivity contribution in [3.63, 3.8) is 0 Å². The van der Waals surface area contributed by atoms with Crippen LogP contribution in [0, 0.1) is 11.8 Å². The molecule has 1 saturated heterocycles. The maximum atomic E-state index is 12.1. The predicted molar refractivity (Wildman–Crippen MR) is 87.5 cm³/mol. The van der Waals surface area contributed by atoms with Crippen molar-refractivity contribution < 1.29 is 9.53 Å². The third-order valence-corrected chi connectivity index (χ3v) is 5.28. The molecule has 2 fully saturated rings. The molecule has 0 spiro atoms. The lowest BCUT2D eigenvalue weighted by Crippen LogP contribution is -2.42. The molecular weight excluding hydrogens is 276 g/mol. The average molecular weight is 306 g/mol. The Morgan fingerprint density at radius 2 is 1.86 bits per heavy atom. The van der Waals surface area contributed by atoms with Crippen LogP contribution in [0.4, 0.5) is 4.79 Å². The quantitative estimate of drug-likeness (QED) is 0.803. The fourth-order valence-corrected chi connectivity index (χ4v) is 4.18. The molecule has 4 nitrogen and oxygen atoms in total. The zero-order valence-corrected chi connectivity index (χ0v) is 14.2. The van der Waals surface area contributed by atoms with E-state index in [1.165, 1.54) is 25.7 Å². The maximum absolute atomic E-state index is 12.1. The van der Waals surface area contributed by atoms with Gasteiger partial charge in [-0.3, -0.25) is 0 Å². The van der Waals surface area contributed by atoms with Gasteiger partial charge in [-0.2, -0.15) is 0 Å². The number of likely N-dealkylation sites (tertiary alicyclic amines) is 1. The van der Waals surface area contributed by atoms with Crippen molar-refractivity contribution >= 4 is 6.09 Å². The highest BCUT2D eigenvalue weighted by atomic mass is 16.6. The van der Waals surface area contributed by atoms with E-state index in [-0.39, 0.29) is 6.09 Å². The van der Waals surface area contributed by atoms with Gasteiger partial charge in [0, 0.05) is 25.0 Å². The number of amides is 1. The summed E-state index contributed by atoms with van der Waals surface area (Å²) in [5.41, 5.74) is 1.23. The zero-order valence-electron chi connectivity index (χ0n) is 14.2. The molecule has 1 aliphatic carbocycles. The van der Waals surface area contributed by atoms with Gasteiger partial charge in [0.2, 0.25) is 0 Å². The molecule has 2 unspecified atom stereocenters. The Bertz CT molecular complexity index is 444. The van der Waals surface area contributed by atoms with Gasteiger partial charge in [0.25, 0.3) is 0 Å². The summed E-state index contributed by atoms with van der Waals surface area (Å²) >= 11 is 0. The van der Waals surface area contributed by atoms with Crippen molar-refractivity contribution in [1.29, 1.82) is 0 Å². The van der Waals surface area contributed by atoms with Gasteiger partial charge < -0.3 is 15.0 Å². The molecule has 1 amide bonds. The first kappa shape index (κ1) is 15.7. The molecule has 3 rings (SSSR count). The van der Waals surface area contributed by atoms with Crippen LogP contribution in [0.1, 0.15) is 59.3 Å². The summed E-state index contributed by atoms with van der Waals surface area (Å²) in [4.78, 5) is 14.0. The highest BCUT2D eigenvalue weighted by Crippen LogP contribution is 2.40. The highest BCUT2D eigenvalue weighted by Gasteiger charge is 2.37. The monoisotopic (exact) mass is 306 g/mol. The highest BCUT2D eigenvalue weighted by molar-refractivity contribution is 5.68. The molecule has 2 aliphatic heterocycles. The molecule has 1 N–H and O–H groups in total. The molecule has 2 atom stereocenters. The van der Waals surface area contributed by atoms with Crippen LogP contribution in [0.2, 0.25) is 0 Å². The van der Waals surface area contributed by atoms with Crippen LogP contribution in [0.5, 0.6) is 0 Å². The molecule has 0 bridgehead atoms. The number of nitrogens with one attached hydrogen (secondary N) is 1. The maximum Gasteiger partial charge on any atom is 0.410 e. The summed E-state index contributed by atoms with van der Waals surface area (Å²) in [6, 6.07) is 0.688. The Morgan fingerprint density at radius 3 is 2.55 bits per heavy atom. The molecule has 0 aromatic carbocycles. The number of piperidine rings is 1. The Kier molecular flexibility index (Phi) is 4.37. The van der Waals surface area contributed by atoms with Crippen LogP contribution in [-0.4, -0.2) is 35.7 Å². The summed E-state index contributed by atoms with van der Waals surface area (Å²) < 4.78 is 5.48. The zero-order chi connectivity index (χ0) is 15.7. The average Bonchev–Trinajstić information content (AvgIpc) is 2.89. The molecule has 3 aliphatic rings. The molecule has 0 radical (unpaired) electrons. The van der Waals surface area contributed by atoms with Gasteiger partial charge in [-0.1, -0.05) is 12.8 Å². The molecule has 0 aromatic rings. The van der Waals surface area contributed by atoms with Crippen molar-refractivity contribution in [3.05, 3.63) is 11.8 Å². The van der Waals surface area contributed by atoms with Crippen molar-refractivity contribution in [1.82, 2.24) is 10.2 Å².